The fraction of sp³-hybridized carbons (Fsp3) is 0.118. The van der Waals surface area contributed by atoms with Crippen molar-refractivity contribution in [1.82, 2.24) is 0 Å². The van der Waals surface area contributed by atoms with Gasteiger partial charge in [0.2, 0.25) is 0 Å². The SMILES string of the molecule is CCOC(=O)c1ccc2ccc3ccccc3c2c1. The minimum atomic E-state index is -0.266. The lowest BCUT2D eigenvalue weighted by molar-refractivity contribution is 0.0526. The van der Waals surface area contributed by atoms with Crippen molar-refractivity contribution in [2.75, 3.05) is 6.61 Å². The molecule has 0 radical (unpaired) electrons. The summed E-state index contributed by atoms with van der Waals surface area (Å²) >= 11 is 0. The van der Waals surface area contributed by atoms with Crippen molar-refractivity contribution in [3.63, 3.8) is 0 Å². The first-order chi connectivity index (χ1) is 9.29. The average Bonchev–Trinajstić information content (AvgIpc) is 2.47. The molecular formula is C17H14O2. The second kappa shape index (κ2) is 4.73. The van der Waals surface area contributed by atoms with E-state index < -0.39 is 0 Å². The van der Waals surface area contributed by atoms with Gasteiger partial charge in [-0.1, -0.05) is 42.5 Å². The Hall–Kier alpha value is -2.35. The van der Waals surface area contributed by atoms with Crippen LogP contribution in [0.25, 0.3) is 21.5 Å². The highest BCUT2D eigenvalue weighted by molar-refractivity contribution is 6.09. The standard InChI is InChI=1S/C17H14O2/c1-2-19-17(18)14-10-9-13-8-7-12-5-3-4-6-15(12)16(13)11-14/h3-11H,2H2,1H3. The van der Waals surface area contributed by atoms with Crippen molar-refractivity contribution < 1.29 is 9.53 Å². The Labute approximate surface area is 111 Å². The van der Waals surface area contributed by atoms with E-state index >= 15 is 0 Å². The molecule has 0 heterocycles. The summed E-state index contributed by atoms with van der Waals surface area (Å²) in [4.78, 5) is 11.8. The fourth-order valence-electron chi connectivity index (χ4n) is 2.34. The first kappa shape index (κ1) is 11.7. The minimum Gasteiger partial charge on any atom is -0.462 e. The van der Waals surface area contributed by atoms with E-state index in [4.69, 9.17) is 4.74 Å². The van der Waals surface area contributed by atoms with Crippen LogP contribution < -0.4 is 0 Å². The highest BCUT2D eigenvalue weighted by Gasteiger charge is 2.08. The van der Waals surface area contributed by atoms with Gasteiger partial charge in [0, 0.05) is 0 Å². The van der Waals surface area contributed by atoms with Crippen LogP contribution in [0, 0.1) is 0 Å². The predicted octanol–water partition coefficient (Wildman–Crippen LogP) is 4.17. The zero-order chi connectivity index (χ0) is 13.2. The van der Waals surface area contributed by atoms with Crippen molar-refractivity contribution in [1.29, 1.82) is 0 Å². The van der Waals surface area contributed by atoms with Crippen LogP contribution in [-0.2, 0) is 4.74 Å². The summed E-state index contributed by atoms with van der Waals surface area (Å²) in [5.74, 6) is -0.266. The first-order valence-corrected chi connectivity index (χ1v) is 6.38. The maximum Gasteiger partial charge on any atom is 0.338 e. The van der Waals surface area contributed by atoms with Gasteiger partial charge in [-0.05, 0) is 40.6 Å². The van der Waals surface area contributed by atoms with Crippen LogP contribution in [0.3, 0.4) is 0 Å². The number of rotatable bonds is 2. The molecule has 0 aromatic heterocycles. The quantitative estimate of drug-likeness (QED) is 0.504. The molecule has 0 unspecified atom stereocenters. The summed E-state index contributed by atoms with van der Waals surface area (Å²) < 4.78 is 5.05. The van der Waals surface area contributed by atoms with Crippen LogP contribution in [0.15, 0.2) is 54.6 Å². The van der Waals surface area contributed by atoms with Crippen molar-refractivity contribution in [2.24, 2.45) is 0 Å². The van der Waals surface area contributed by atoms with Crippen LogP contribution in [0.5, 0.6) is 0 Å². The molecule has 0 amide bonds. The molecule has 0 atom stereocenters. The number of carbonyl (C=O) groups excluding carboxylic acids is 1. The number of fused-ring (bicyclic) bond motifs is 3. The number of hydrogen-bond donors (Lipinski definition) is 0. The molecule has 2 heteroatoms. The number of hydrogen-bond acceptors (Lipinski definition) is 2. The Kier molecular flexibility index (Phi) is 2.92. The van der Waals surface area contributed by atoms with E-state index in [9.17, 15) is 4.79 Å². The Bertz CT molecular complexity index is 759. The summed E-state index contributed by atoms with van der Waals surface area (Å²) in [5, 5.41) is 4.55. The predicted molar refractivity (Wildman–Crippen MR) is 77.4 cm³/mol. The second-order valence-electron chi connectivity index (χ2n) is 4.44. The molecule has 0 saturated heterocycles. The third-order valence-electron chi connectivity index (χ3n) is 3.26. The highest BCUT2D eigenvalue weighted by atomic mass is 16.5. The van der Waals surface area contributed by atoms with Gasteiger partial charge in [0.1, 0.15) is 0 Å². The van der Waals surface area contributed by atoms with Crippen LogP contribution in [0.2, 0.25) is 0 Å². The van der Waals surface area contributed by atoms with Crippen molar-refractivity contribution in [3.05, 3.63) is 60.2 Å². The molecule has 0 aliphatic rings. The second-order valence-corrected chi connectivity index (χ2v) is 4.44. The monoisotopic (exact) mass is 250 g/mol. The van der Waals surface area contributed by atoms with Gasteiger partial charge in [-0.3, -0.25) is 0 Å². The van der Waals surface area contributed by atoms with E-state index in [1.165, 1.54) is 5.39 Å². The summed E-state index contributed by atoms with van der Waals surface area (Å²) in [6.45, 7) is 2.21. The lowest BCUT2D eigenvalue weighted by atomic mass is 10.00. The first-order valence-electron chi connectivity index (χ1n) is 6.38. The highest BCUT2D eigenvalue weighted by Crippen LogP contribution is 2.26. The fourth-order valence-corrected chi connectivity index (χ4v) is 2.34. The summed E-state index contributed by atoms with van der Waals surface area (Å²) in [5.41, 5.74) is 0.603. The molecule has 0 N–H and O–H groups in total. The smallest absolute Gasteiger partial charge is 0.338 e. The zero-order valence-corrected chi connectivity index (χ0v) is 10.7. The number of carbonyl (C=O) groups is 1. The molecule has 3 aromatic carbocycles. The van der Waals surface area contributed by atoms with Crippen molar-refractivity contribution >= 4 is 27.5 Å². The third kappa shape index (κ3) is 2.06. The molecule has 0 aliphatic heterocycles. The number of esters is 1. The summed E-state index contributed by atoms with van der Waals surface area (Å²) in [6.07, 6.45) is 0. The van der Waals surface area contributed by atoms with Crippen molar-refractivity contribution in [3.8, 4) is 0 Å². The Balaban J connectivity index is 2.25. The molecule has 0 spiro atoms. The van der Waals surface area contributed by atoms with E-state index in [0.717, 1.165) is 16.2 Å². The van der Waals surface area contributed by atoms with Crippen LogP contribution in [0.4, 0.5) is 0 Å². The molecule has 0 bridgehead atoms. The van der Waals surface area contributed by atoms with E-state index in [1.54, 1.807) is 0 Å². The minimum absolute atomic E-state index is 0.266. The van der Waals surface area contributed by atoms with Crippen LogP contribution >= 0.6 is 0 Å². The number of benzene rings is 3. The Morgan fingerprint density at radius 2 is 1.63 bits per heavy atom. The molecular weight excluding hydrogens is 236 g/mol. The lowest BCUT2D eigenvalue weighted by Gasteiger charge is -2.06. The molecule has 3 rings (SSSR count). The summed E-state index contributed by atoms with van der Waals surface area (Å²) in [6, 6.07) is 18.0. The Morgan fingerprint density at radius 3 is 2.42 bits per heavy atom. The molecule has 0 saturated carbocycles. The maximum atomic E-state index is 11.8. The van der Waals surface area contributed by atoms with Crippen LogP contribution in [-0.4, -0.2) is 12.6 Å². The van der Waals surface area contributed by atoms with Gasteiger partial charge in [0.05, 0.1) is 12.2 Å². The topological polar surface area (TPSA) is 26.3 Å². The van der Waals surface area contributed by atoms with Gasteiger partial charge in [0.15, 0.2) is 0 Å². The largest absolute Gasteiger partial charge is 0.462 e. The third-order valence-corrected chi connectivity index (χ3v) is 3.26. The van der Waals surface area contributed by atoms with Gasteiger partial charge in [-0.2, -0.15) is 0 Å². The molecule has 0 fully saturated rings. The van der Waals surface area contributed by atoms with Crippen LogP contribution in [0.1, 0.15) is 17.3 Å². The van der Waals surface area contributed by atoms with E-state index in [0.29, 0.717) is 12.2 Å². The molecule has 94 valence electrons. The van der Waals surface area contributed by atoms with Gasteiger partial charge in [-0.25, -0.2) is 4.79 Å². The van der Waals surface area contributed by atoms with Crippen molar-refractivity contribution in [2.45, 2.75) is 6.92 Å². The van der Waals surface area contributed by atoms with Gasteiger partial charge in [0.25, 0.3) is 0 Å². The lowest BCUT2D eigenvalue weighted by Crippen LogP contribution is -2.04. The Morgan fingerprint density at radius 1 is 0.947 bits per heavy atom. The normalized spacial score (nSPS) is 10.8. The van der Waals surface area contributed by atoms with E-state index in [-0.39, 0.29) is 5.97 Å². The maximum absolute atomic E-state index is 11.8. The number of ether oxygens (including phenoxy) is 1. The molecule has 0 aliphatic carbocycles. The molecule has 3 aromatic rings. The average molecular weight is 250 g/mol. The molecule has 19 heavy (non-hydrogen) atoms. The zero-order valence-electron chi connectivity index (χ0n) is 10.7. The molecule has 2 nitrogen and oxygen atoms in total. The van der Waals surface area contributed by atoms with Gasteiger partial charge in [-0.15, -0.1) is 0 Å². The summed E-state index contributed by atoms with van der Waals surface area (Å²) in [7, 11) is 0. The van der Waals surface area contributed by atoms with Gasteiger partial charge < -0.3 is 4.74 Å². The van der Waals surface area contributed by atoms with E-state index in [1.807, 2.05) is 37.3 Å². The van der Waals surface area contributed by atoms with Gasteiger partial charge >= 0.3 is 5.97 Å². The van der Waals surface area contributed by atoms with E-state index in [2.05, 4.69) is 24.3 Å².